The van der Waals surface area contributed by atoms with Gasteiger partial charge in [-0.1, -0.05) is 96.2 Å². The van der Waals surface area contributed by atoms with Crippen LogP contribution >= 0.6 is 22.3 Å². The Hall–Kier alpha value is -4.07. The van der Waals surface area contributed by atoms with Crippen LogP contribution in [0.25, 0.3) is 21.5 Å². The van der Waals surface area contributed by atoms with E-state index in [1.807, 2.05) is 36.4 Å². The van der Waals surface area contributed by atoms with Gasteiger partial charge in [0.15, 0.2) is 0 Å². The van der Waals surface area contributed by atoms with Crippen molar-refractivity contribution >= 4 is 74.6 Å². The van der Waals surface area contributed by atoms with Gasteiger partial charge in [-0.05, 0) is 47.5 Å². The third-order valence-corrected chi connectivity index (χ3v) is 9.45. The largest absolute Gasteiger partial charge is 0.469 e. The first kappa shape index (κ1) is 32.8. The molecule has 0 bridgehead atoms. The van der Waals surface area contributed by atoms with Gasteiger partial charge in [0.1, 0.15) is 0 Å². The average Bonchev–Trinajstić information content (AvgIpc) is 3.01. The molecule has 0 radical (unpaired) electrons. The van der Waals surface area contributed by atoms with Gasteiger partial charge >= 0.3 is 5.97 Å². The minimum Gasteiger partial charge on any atom is -0.469 e. The molecule has 0 atom stereocenters. The normalized spacial score (nSPS) is 11.2. The second kappa shape index (κ2) is 14.6. The zero-order chi connectivity index (χ0) is 31.7. The Balaban J connectivity index is 0.000000262. The Bertz CT molecular complexity index is 2090. The van der Waals surface area contributed by atoms with Crippen LogP contribution in [0.5, 0.6) is 0 Å². The van der Waals surface area contributed by atoms with Crippen molar-refractivity contribution in [2.45, 2.75) is 29.1 Å². The van der Waals surface area contributed by atoms with E-state index in [4.69, 9.17) is 22.3 Å². The van der Waals surface area contributed by atoms with Gasteiger partial charge in [0.2, 0.25) is 0 Å². The molecule has 0 amide bonds. The molecule has 5 aromatic carbocycles. The van der Waals surface area contributed by atoms with Gasteiger partial charge in [-0.15, -0.1) is 0 Å². The van der Waals surface area contributed by atoms with Crippen molar-refractivity contribution in [3.05, 3.63) is 114 Å². The molecule has 0 fully saturated rings. The van der Waals surface area contributed by atoms with E-state index in [-0.39, 0.29) is 22.2 Å². The van der Waals surface area contributed by atoms with Gasteiger partial charge in [0, 0.05) is 39.3 Å². The summed E-state index contributed by atoms with van der Waals surface area (Å²) in [5, 5.41) is 3.44. The first-order valence-corrected chi connectivity index (χ1v) is 17.4. The molecule has 5 rings (SSSR count). The van der Waals surface area contributed by atoms with E-state index >= 15 is 0 Å². The van der Waals surface area contributed by atoms with Crippen LogP contribution < -0.4 is 4.72 Å². The molecule has 0 unspecified atom stereocenters. The summed E-state index contributed by atoms with van der Waals surface area (Å²) >= 11 is 6.08. The molecular formula is C33H27Cl2NO6S2. The third-order valence-electron chi connectivity index (χ3n) is 6.41. The van der Waals surface area contributed by atoms with Crippen molar-refractivity contribution in [1.82, 2.24) is 0 Å². The molecule has 0 saturated heterocycles. The molecule has 5 aromatic rings. The summed E-state index contributed by atoms with van der Waals surface area (Å²) < 4.78 is 55.8. The molecule has 0 saturated carbocycles. The number of carbonyl (C=O) groups is 1. The third kappa shape index (κ3) is 8.52. The van der Waals surface area contributed by atoms with Crippen molar-refractivity contribution in [3.63, 3.8) is 0 Å². The van der Waals surface area contributed by atoms with E-state index in [1.165, 1.54) is 13.2 Å². The lowest BCUT2D eigenvalue weighted by Gasteiger charge is -2.12. The van der Waals surface area contributed by atoms with Crippen LogP contribution in [-0.4, -0.2) is 29.9 Å². The molecule has 0 spiro atoms. The number of hydrogen-bond acceptors (Lipinski definition) is 6. The number of esters is 1. The second-order valence-electron chi connectivity index (χ2n) is 9.42. The number of sulfonamides is 1. The lowest BCUT2D eigenvalue weighted by Crippen LogP contribution is -2.14. The maximum Gasteiger partial charge on any atom is 0.305 e. The maximum atomic E-state index is 13.1. The topological polar surface area (TPSA) is 107 Å². The highest BCUT2D eigenvalue weighted by Crippen LogP contribution is 2.28. The van der Waals surface area contributed by atoms with Crippen molar-refractivity contribution < 1.29 is 26.4 Å². The zero-order valence-corrected chi connectivity index (χ0v) is 26.6. The smallest absolute Gasteiger partial charge is 0.305 e. The van der Waals surface area contributed by atoms with Gasteiger partial charge < -0.3 is 4.74 Å². The first-order chi connectivity index (χ1) is 21.0. The standard InChI is InChI=1S/C23H20ClNO4S.C10H7ClO2S/c1-29-23(26)13-4-2-3-9-18-16-19(24)14-15-21(18)25-30(27,28)22-12-7-10-17-8-5-6-11-20(17)22;11-14(12,13)10-7-3-5-8-4-1-2-6-9(8)10/h5-8,10-12,14-16,25H,2,4,13H2,1H3;1-7H. The second-order valence-corrected chi connectivity index (χ2v) is 14.0. The van der Waals surface area contributed by atoms with Crippen LogP contribution in [0.2, 0.25) is 5.02 Å². The van der Waals surface area contributed by atoms with E-state index < -0.39 is 19.1 Å². The van der Waals surface area contributed by atoms with E-state index in [1.54, 1.807) is 60.7 Å². The SMILES string of the molecule is COC(=O)CCCC#Cc1cc(Cl)ccc1NS(=O)(=O)c1cccc2ccccc12.O=S(=O)(Cl)c1cccc2ccccc12. The van der Waals surface area contributed by atoms with Gasteiger partial charge in [-0.25, -0.2) is 16.8 Å². The number of rotatable bonds is 7. The highest BCUT2D eigenvalue weighted by molar-refractivity contribution is 8.14. The van der Waals surface area contributed by atoms with Crippen molar-refractivity contribution in [2.24, 2.45) is 0 Å². The van der Waals surface area contributed by atoms with Crippen LogP contribution in [-0.2, 0) is 28.6 Å². The number of ether oxygens (including phenoxy) is 1. The Morgan fingerprint density at radius 2 is 1.36 bits per heavy atom. The van der Waals surface area contributed by atoms with Crippen molar-refractivity contribution in [2.75, 3.05) is 11.8 Å². The van der Waals surface area contributed by atoms with E-state index in [9.17, 15) is 21.6 Å². The summed E-state index contributed by atoms with van der Waals surface area (Å²) in [6.07, 6.45) is 1.30. The number of methoxy groups -OCH3 is 1. The molecular weight excluding hydrogens is 641 g/mol. The minimum atomic E-state index is -3.85. The van der Waals surface area contributed by atoms with Gasteiger partial charge in [0.05, 0.1) is 28.2 Å². The highest BCUT2D eigenvalue weighted by atomic mass is 35.7. The monoisotopic (exact) mass is 667 g/mol. The summed E-state index contributed by atoms with van der Waals surface area (Å²) in [5.41, 5.74) is 0.803. The number of fused-ring (bicyclic) bond motifs is 2. The predicted molar refractivity (Wildman–Crippen MR) is 176 cm³/mol. The van der Waals surface area contributed by atoms with Crippen molar-refractivity contribution in [3.8, 4) is 11.8 Å². The Kier molecular flexibility index (Phi) is 10.9. The lowest BCUT2D eigenvalue weighted by atomic mass is 10.1. The van der Waals surface area contributed by atoms with Gasteiger partial charge in [0.25, 0.3) is 19.1 Å². The Morgan fingerprint density at radius 1 is 0.795 bits per heavy atom. The molecule has 0 aliphatic heterocycles. The van der Waals surface area contributed by atoms with Gasteiger partial charge in [-0.3, -0.25) is 9.52 Å². The number of halogens is 2. The fraction of sp³-hybridized carbons (Fsp3) is 0.121. The number of benzene rings is 5. The number of carbonyl (C=O) groups excluding carboxylic acids is 1. The molecule has 226 valence electrons. The Labute approximate surface area is 266 Å². The summed E-state index contributed by atoms with van der Waals surface area (Å²) in [5.74, 6) is 5.61. The summed E-state index contributed by atoms with van der Waals surface area (Å²) in [7, 11) is -0.853. The van der Waals surface area contributed by atoms with Crippen molar-refractivity contribution in [1.29, 1.82) is 0 Å². The number of nitrogens with one attached hydrogen (secondary N) is 1. The van der Waals surface area contributed by atoms with Crippen LogP contribution in [0.4, 0.5) is 5.69 Å². The number of hydrogen-bond donors (Lipinski definition) is 1. The first-order valence-electron chi connectivity index (χ1n) is 13.3. The van der Waals surface area contributed by atoms with Crippen LogP contribution in [0.15, 0.2) is 113 Å². The van der Waals surface area contributed by atoms with Gasteiger partial charge in [-0.2, -0.15) is 0 Å². The molecule has 7 nitrogen and oxygen atoms in total. The van der Waals surface area contributed by atoms with Crippen LogP contribution in [0.1, 0.15) is 24.8 Å². The van der Waals surface area contributed by atoms with Crippen LogP contribution in [0.3, 0.4) is 0 Å². The van der Waals surface area contributed by atoms with E-state index in [2.05, 4.69) is 21.3 Å². The van der Waals surface area contributed by atoms with Crippen LogP contribution in [0, 0.1) is 11.8 Å². The fourth-order valence-electron chi connectivity index (χ4n) is 4.33. The average molecular weight is 669 g/mol. The fourth-order valence-corrected chi connectivity index (χ4v) is 6.90. The molecule has 0 heterocycles. The quantitative estimate of drug-likeness (QED) is 0.0823. The lowest BCUT2D eigenvalue weighted by molar-refractivity contribution is -0.140. The predicted octanol–water partition coefficient (Wildman–Crippen LogP) is 7.76. The van der Waals surface area contributed by atoms with E-state index in [0.29, 0.717) is 39.9 Å². The zero-order valence-electron chi connectivity index (χ0n) is 23.5. The summed E-state index contributed by atoms with van der Waals surface area (Å²) in [6.45, 7) is 0. The molecule has 0 aliphatic rings. The Morgan fingerprint density at radius 3 is 1.98 bits per heavy atom. The highest BCUT2D eigenvalue weighted by Gasteiger charge is 2.19. The summed E-state index contributed by atoms with van der Waals surface area (Å²) in [6, 6.07) is 29.5. The molecule has 44 heavy (non-hydrogen) atoms. The number of unbranched alkanes of at least 4 members (excludes halogenated alkanes) is 1. The molecule has 0 aromatic heterocycles. The molecule has 0 aliphatic carbocycles. The number of anilines is 1. The van der Waals surface area contributed by atoms with E-state index in [0.717, 1.165) is 10.8 Å². The molecule has 11 heteroatoms. The summed E-state index contributed by atoms with van der Waals surface area (Å²) in [4.78, 5) is 11.5. The maximum absolute atomic E-state index is 13.1. The molecule has 1 N–H and O–H groups in total. The minimum absolute atomic E-state index is 0.164.